The minimum absolute atomic E-state index is 0.409. The van der Waals surface area contributed by atoms with E-state index in [4.69, 9.17) is 21.4 Å². The van der Waals surface area contributed by atoms with Crippen molar-refractivity contribution in [2.45, 2.75) is 19.0 Å². The Bertz CT molecular complexity index is 344. The molecule has 1 aromatic carbocycles. The van der Waals surface area contributed by atoms with Gasteiger partial charge in [-0.05, 0) is 24.1 Å². The smallest absolute Gasteiger partial charge is 0.324 e. The van der Waals surface area contributed by atoms with Crippen LogP contribution in [0.5, 0.6) is 0 Å². The Hall–Kier alpha value is -0.340. The Labute approximate surface area is 87.9 Å². The molecule has 0 fully saturated rings. The molecule has 1 unspecified atom stereocenters. The first-order chi connectivity index (χ1) is 6.45. The highest BCUT2D eigenvalue weighted by Crippen LogP contribution is 2.53. The summed E-state index contributed by atoms with van der Waals surface area (Å²) in [6, 6.07) is 6.57. The van der Waals surface area contributed by atoms with Gasteiger partial charge < -0.3 is 9.79 Å². The lowest BCUT2D eigenvalue weighted by Crippen LogP contribution is -1.97. The van der Waals surface area contributed by atoms with Crippen molar-refractivity contribution in [3.63, 3.8) is 0 Å². The predicted octanol–water partition coefficient (Wildman–Crippen LogP) is 2.97. The Balaban J connectivity index is 3.02. The standard InChI is InChI=1S/C9H12ClO3P/c1-2-9(14(11,12)13)7-3-5-8(10)6-4-7/h3-6,9H,2H2,1H3,(H2,11,12,13). The SMILES string of the molecule is CCC(c1ccc(Cl)cc1)P(=O)(O)O. The van der Waals surface area contributed by atoms with Crippen molar-refractivity contribution in [2.75, 3.05) is 0 Å². The molecule has 3 nitrogen and oxygen atoms in total. The van der Waals surface area contributed by atoms with Crippen LogP contribution in [0, 0.1) is 0 Å². The van der Waals surface area contributed by atoms with Crippen LogP contribution in [0.25, 0.3) is 0 Å². The molecular weight excluding hydrogens is 223 g/mol. The van der Waals surface area contributed by atoms with Gasteiger partial charge in [0.05, 0.1) is 5.66 Å². The molecular formula is C9H12ClO3P. The van der Waals surface area contributed by atoms with Gasteiger partial charge in [-0.15, -0.1) is 0 Å². The maximum absolute atomic E-state index is 11.1. The van der Waals surface area contributed by atoms with Gasteiger partial charge in [0, 0.05) is 5.02 Å². The maximum Gasteiger partial charge on any atom is 0.332 e. The van der Waals surface area contributed by atoms with E-state index in [9.17, 15) is 4.57 Å². The fraction of sp³-hybridized carbons (Fsp3) is 0.333. The van der Waals surface area contributed by atoms with Crippen LogP contribution in [0.4, 0.5) is 0 Å². The summed E-state index contributed by atoms with van der Waals surface area (Å²) in [5.74, 6) is 0. The van der Waals surface area contributed by atoms with Crippen molar-refractivity contribution in [1.29, 1.82) is 0 Å². The highest BCUT2D eigenvalue weighted by molar-refractivity contribution is 7.52. The van der Waals surface area contributed by atoms with Crippen LogP contribution in [0.2, 0.25) is 5.02 Å². The van der Waals surface area contributed by atoms with E-state index in [2.05, 4.69) is 0 Å². The first-order valence-electron chi connectivity index (χ1n) is 4.26. The van der Waals surface area contributed by atoms with E-state index < -0.39 is 13.3 Å². The summed E-state index contributed by atoms with van der Waals surface area (Å²) in [6.45, 7) is 1.75. The predicted molar refractivity (Wildman–Crippen MR) is 56.5 cm³/mol. The topological polar surface area (TPSA) is 57.5 Å². The van der Waals surface area contributed by atoms with Crippen LogP contribution in [-0.2, 0) is 4.57 Å². The third-order valence-electron chi connectivity index (χ3n) is 2.05. The summed E-state index contributed by atoms with van der Waals surface area (Å²) < 4.78 is 11.1. The van der Waals surface area contributed by atoms with E-state index in [1.807, 2.05) is 0 Å². The van der Waals surface area contributed by atoms with Crippen LogP contribution in [0.1, 0.15) is 24.6 Å². The van der Waals surface area contributed by atoms with Crippen LogP contribution in [0.3, 0.4) is 0 Å². The molecule has 1 rings (SSSR count). The quantitative estimate of drug-likeness (QED) is 0.791. The van der Waals surface area contributed by atoms with Crippen LogP contribution >= 0.6 is 19.2 Å². The van der Waals surface area contributed by atoms with Gasteiger partial charge in [0.15, 0.2) is 0 Å². The number of hydrogen-bond acceptors (Lipinski definition) is 1. The van der Waals surface area contributed by atoms with Gasteiger partial charge in [0.25, 0.3) is 0 Å². The van der Waals surface area contributed by atoms with Crippen molar-refractivity contribution < 1.29 is 14.4 Å². The van der Waals surface area contributed by atoms with Gasteiger partial charge in [-0.3, -0.25) is 4.57 Å². The van der Waals surface area contributed by atoms with E-state index in [1.165, 1.54) is 0 Å². The molecule has 0 aliphatic heterocycles. The van der Waals surface area contributed by atoms with E-state index in [-0.39, 0.29) is 0 Å². The van der Waals surface area contributed by atoms with E-state index in [0.717, 1.165) is 0 Å². The Morgan fingerprint density at radius 2 is 1.86 bits per heavy atom. The Kier molecular flexibility index (Phi) is 3.73. The minimum Gasteiger partial charge on any atom is -0.324 e. The van der Waals surface area contributed by atoms with Crippen LogP contribution in [-0.4, -0.2) is 9.79 Å². The molecule has 14 heavy (non-hydrogen) atoms. The van der Waals surface area contributed by atoms with Crippen LogP contribution in [0.15, 0.2) is 24.3 Å². The average Bonchev–Trinajstić information content (AvgIpc) is 2.07. The number of benzene rings is 1. The summed E-state index contributed by atoms with van der Waals surface area (Å²) in [4.78, 5) is 18.2. The molecule has 0 spiro atoms. The molecule has 1 aromatic rings. The maximum atomic E-state index is 11.1. The number of halogens is 1. The molecule has 78 valence electrons. The zero-order valence-electron chi connectivity index (χ0n) is 7.72. The third kappa shape index (κ3) is 2.82. The molecule has 0 radical (unpaired) electrons. The molecule has 0 bridgehead atoms. The molecule has 0 saturated heterocycles. The normalized spacial score (nSPS) is 14.0. The molecule has 1 atom stereocenters. The van der Waals surface area contributed by atoms with Gasteiger partial charge in [-0.2, -0.15) is 0 Å². The first-order valence-corrected chi connectivity index (χ1v) is 6.31. The van der Waals surface area contributed by atoms with Crippen molar-refractivity contribution in [2.24, 2.45) is 0 Å². The lowest BCUT2D eigenvalue weighted by Gasteiger charge is -2.16. The summed E-state index contributed by atoms with van der Waals surface area (Å²) in [5, 5.41) is 0.564. The highest BCUT2D eigenvalue weighted by Gasteiger charge is 2.28. The van der Waals surface area contributed by atoms with Gasteiger partial charge >= 0.3 is 7.60 Å². The molecule has 0 aliphatic carbocycles. The molecule has 5 heteroatoms. The second-order valence-electron chi connectivity index (χ2n) is 3.06. The molecule has 0 aliphatic rings. The van der Waals surface area contributed by atoms with Gasteiger partial charge in [0.2, 0.25) is 0 Å². The van der Waals surface area contributed by atoms with Crippen LogP contribution < -0.4 is 0 Å². The summed E-state index contributed by atoms with van der Waals surface area (Å²) in [5.41, 5.74) is -0.0926. The van der Waals surface area contributed by atoms with Gasteiger partial charge in [-0.25, -0.2) is 0 Å². The summed E-state index contributed by atoms with van der Waals surface area (Å²) in [6.07, 6.45) is 0.409. The number of hydrogen-bond donors (Lipinski definition) is 2. The minimum atomic E-state index is -4.06. The second kappa shape index (κ2) is 4.45. The zero-order chi connectivity index (χ0) is 10.8. The Morgan fingerprint density at radius 3 is 2.21 bits per heavy atom. The van der Waals surface area contributed by atoms with Crippen molar-refractivity contribution >= 4 is 19.2 Å². The summed E-state index contributed by atoms with van der Waals surface area (Å²) in [7, 11) is -4.06. The highest BCUT2D eigenvalue weighted by atomic mass is 35.5. The largest absolute Gasteiger partial charge is 0.332 e. The summed E-state index contributed by atoms with van der Waals surface area (Å²) >= 11 is 5.68. The molecule has 0 aromatic heterocycles. The Morgan fingerprint density at radius 1 is 1.36 bits per heavy atom. The van der Waals surface area contributed by atoms with Crippen molar-refractivity contribution in [3.05, 3.63) is 34.9 Å². The lowest BCUT2D eigenvalue weighted by atomic mass is 10.1. The van der Waals surface area contributed by atoms with E-state index in [1.54, 1.807) is 31.2 Å². The molecule has 0 heterocycles. The van der Waals surface area contributed by atoms with Crippen molar-refractivity contribution in [3.8, 4) is 0 Å². The van der Waals surface area contributed by atoms with Gasteiger partial charge in [-0.1, -0.05) is 30.7 Å². The van der Waals surface area contributed by atoms with Crippen molar-refractivity contribution in [1.82, 2.24) is 0 Å². The second-order valence-corrected chi connectivity index (χ2v) is 5.30. The fourth-order valence-electron chi connectivity index (χ4n) is 1.35. The average molecular weight is 235 g/mol. The monoisotopic (exact) mass is 234 g/mol. The van der Waals surface area contributed by atoms with E-state index >= 15 is 0 Å². The third-order valence-corrected chi connectivity index (χ3v) is 3.77. The zero-order valence-corrected chi connectivity index (χ0v) is 9.37. The lowest BCUT2D eigenvalue weighted by molar-refractivity contribution is 0.357. The molecule has 0 saturated carbocycles. The fourth-order valence-corrected chi connectivity index (χ4v) is 2.51. The molecule has 0 amide bonds. The number of rotatable bonds is 3. The van der Waals surface area contributed by atoms with E-state index in [0.29, 0.717) is 17.0 Å². The molecule has 2 N–H and O–H groups in total. The first kappa shape index (κ1) is 11.7. The van der Waals surface area contributed by atoms with Gasteiger partial charge in [0.1, 0.15) is 0 Å².